The summed E-state index contributed by atoms with van der Waals surface area (Å²) in [7, 11) is -3.58. The number of aliphatic hydroxyl groups excluding tert-OH is 1. The highest BCUT2D eigenvalue weighted by Crippen LogP contribution is 2.31. The van der Waals surface area contributed by atoms with Crippen LogP contribution in [0.2, 0.25) is 0 Å². The van der Waals surface area contributed by atoms with E-state index in [-0.39, 0.29) is 11.5 Å². The van der Waals surface area contributed by atoms with Crippen LogP contribution in [0, 0.1) is 0 Å². The van der Waals surface area contributed by atoms with E-state index in [0.29, 0.717) is 18.8 Å². The third-order valence-corrected chi connectivity index (χ3v) is 4.96. The highest BCUT2D eigenvalue weighted by molar-refractivity contribution is 7.89. The maximum absolute atomic E-state index is 12.7. The minimum Gasteiger partial charge on any atom is -0.390 e. The lowest BCUT2D eigenvalue weighted by Crippen LogP contribution is -2.58. The Morgan fingerprint density at radius 2 is 1.85 bits per heavy atom. The summed E-state index contributed by atoms with van der Waals surface area (Å²) in [5.74, 6) is 0. The van der Waals surface area contributed by atoms with Crippen LogP contribution in [0.1, 0.15) is 33.4 Å². The van der Waals surface area contributed by atoms with Crippen molar-refractivity contribution < 1.29 is 18.3 Å². The quantitative estimate of drug-likeness (QED) is 0.875. The molecule has 0 spiro atoms. The molecule has 0 unspecified atom stereocenters. The van der Waals surface area contributed by atoms with Gasteiger partial charge in [0.2, 0.25) is 10.0 Å². The SMILES string of the molecule is CC1(C)CN(S(=O)(=O)c2c[nH]c(CO)c2)CC(C)(C)O1. The predicted molar refractivity (Wildman–Crippen MR) is 74.7 cm³/mol. The summed E-state index contributed by atoms with van der Waals surface area (Å²) in [5, 5.41) is 9.03. The molecular formula is C13H22N2O4S. The third-order valence-electron chi connectivity index (χ3n) is 3.19. The van der Waals surface area contributed by atoms with Crippen LogP contribution in [0.3, 0.4) is 0 Å². The van der Waals surface area contributed by atoms with Crippen molar-refractivity contribution in [3.63, 3.8) is 0 Å². The van der Waals surface area contributed by atoms with Gasteiger partial charge < -0.3 is 14.8 Å². The number of nitrogens with zero attached hydrogens (tertiary/aromatic N) is 1. The summed E-state index contributed by atoms with van der Waals surface area (Å²) in [4.78, 5) is 2.93. The first kappa shape index (κ1) is 15.5. The van der Waals surface area contributed by atoms with E-state index < -0.39 is 21.2 Å². The van der Waals surface area contributed by atoms with Gasteiger partial charge in [-0.25, -0.2) is 8.42 Å². The molecule has 7 heteroatoms. The molecule has 2 N–H and O–H groups in total. The molecule has 0 atom stereocenters. The molecule has 0 saturated carbocycles. The number of aromatic amines is 1. The van der Waals surface area contributed by atoms with Crippen molar-refractivity contribution in [2.45, 2.75) is 50.4 Å². The van der Waals surface area contributed by atoms with Crippen LogP contribution in [0.15, 0.2) is 17.2 Å². The molecule has 2 heterocycles. The number of aromatic nitrogens is 1. The van der Waals surface area contributed by atoms with Crippen molar-refractivity contribution in [2.24, 2.45) is 0 Å². The second-order valence-electron chi connectivity index (χ2n) is 6.41. The average molecular weight is 302 g/mol. The van der Waals surface area contributed by atoms with Crippen LogP contribution >= 0.6 is 0 Å². The van der Waals surface area contributed by atoms with E-state index in [2.05, 4.69) is 4.98 Å². The number of hydrogen-bond acceptors (Lipinski definition) is 4. The third kappa shape index (κ3) is 3.06. The van der Waals surface area contributed by atoms with Gasteiger partial charge in [-0.3, -0.25) is 0 Å². The van der Waals surface area contributed by atoms with E-state index in [1.54, 1.807) is 0 Å². The standard InChI is InChI=1S/C13H22N2O4S/c1-12(2)8-15(9-13(3,4)19-12)20(17,18)11-5-10(7-16)14-6-11/h5-6,14,16H,7-9H2,1-4H3. The van der Waals surface area contributed by atoms with Crippen LogP contribution in [0.4, 0.5) is 0 Å². The van der Waals surface area contributed by atoms with Gasteiger partial charge in [0.15, 0.2) is 0 Å². The van der Waals surface area contributed by atoms with E-state index in [1.807, 2.05) is 27.7 Å². The second-order valence-corrected chi connectivity index (χ2v) is 8.35. The smallest absolute Gasteiger partial charge is 0.244 e. The Hall–Kier alpha value is -0.890. The number of sulfonamides is 1. The molecule has 0 radical (unpaired) electrons. The molecule has 2 rings (SSSR count). The minimum atomic E-state index is -3.58. The molecule has 1 aromatic heterocycles. The molecule has 1 fully saturated rings. The summed E-state index contributed by atoms with van der Waals surface area (Å²) < 4.78 is 32.7. The molecule has 0 aliphatic carbocycles. The monoisotopic (exact) mass is 302 g/mol. The number of rotatable bonds is 3. The van der Waals surface area contributed by atoms with Crippen LogP contribution in [0.25, 0.3) is 0 Å². The van der Waals surface area contributed by atoms with Gasteiger partial charge in [-0.15, -0.1) is 0 Å². The van der Waals surface area contributed by atoms with E-state index >= 15 is 0 Å². The molecule has 1 aliphatic heterocycles. The van der Waals surface area contributed by atoms with Gasteiger partial charge in [0.1, 0.15) is 0 Å². The largest absolute Gasteiger partial charge is 0.390 e. The Kier molecular flexibility index (Phi) is 3.75. The van der Waals surface area contributed by atoms with Crippen LogP contribution in [0.5, 0.6) is 0 Å². The van der Waals surface area contributed by atoms with E-state index in [9.17, 15) is 8.42 Å². The molecule has 1 aromatic rings. The number of nitrogens with one attached hydrogen (secondary N) is 1. The van der Waals surface area contributed by atoms with Crippen LogP contribution in [-0.2, 0) is 21.4 Å². The summed E-state index contributed by atoms with van der Waals surface area (Å²) in [6.07, 6.45) is 1.41. The van der Waals surface area contributed by atoms with Crippen molar-refractivity contribution >= 4 is 10.0 Å². The Balaban J connectivity index is 2.33. The first-order valence-electron chi connectivity index (χ1n) is 6.54. The summed E-state index contributed by atoms with van der Waals surface area (Å²) in [6.45, 7) is 7.92. The van der Waals surface area contributed by atoms with E-state index in [1.165, 1.54) is 16.6 Å². The first-order valence-corrected chi connectivity index (χ1v) is 7.98. The number of hydrogen-bond donors (Lipinski definition) is 2. The Morgan fingerprint density at radius 3 is 2.30 bits per heavy atom. The van der Waals surface area contributed by atoms with Crippen molar-refractivity contribution in [2.75, 3.05) is 13.1 Å². The number of aliphatic hydroxyl groups is 1. The van der Waals surface area contributed by atoms with E-state index in [4.69, 9.17) is 9.84 Å². The lowest BCUT2D eigenvalue weighted by atomic mass is 10.0. The molecule has 1 aliphatic rings. The highest BCUT2D eigenvalue weighted by atomic mass is 32.2. The van der Waals surface area contributed by atoms with Crippen molar-refractivity contribution in [1.82, 2.24) is 9.29 Å². The summed E-state index contributed by atoms with van der Waals surface area (Å²) in [5.41, 5.74) is -0.592. The fourth-order valence-electron chi connectivity index (χ4n) is 2.70. The zero-order valence-corrected chi connectivity index (χ0v) is 13.1. The fourth-order valence-corrected chi connectivity index (χ4v) is 4.45. The topological polar surface area (TPSA) is 82.6 Å². The van der Waals surface area contributed by atoms with E-state index in [0.717, 1.165) is 0 Å². The Bertz CT molecular complexity index is 573. The maximum atomic E-state index is 12.7. The Labute approximate surface area is 119 Å². The highest BCUT2D eigenvalue weighted by Gasteiger charge is 2.43. The predicted octanol–water partition coefficient (Wildman–Crippen LogP) is 1.09. The molecule has 1 saturated heterocycles. The molecular weight excluding hydrogens is 280 g/mol. The first-order chi connectivity index (χ1) is 9.06. The lowest BCUT2D eigenvalue weighted by molar-refractivity contribution is -0.163. The molecule has 0 amide bonds. The van der Waals surface area contributed by atoms with Gasteiger partial charge in [-0.2, -0.15) is 4.31 Å². The number of H-pyrrole nitrogens is 1. The van der Waals surface area contributed by atoms with Gasteiger partial charge in [0, 0.05) is 25.0 Å². The van der Waals surface area contributed by atoms with Gasteiger partial charge in [0.25, 0.3) is 0 Å². The van der Waals surface area contributed by atoms with Crippen LogP contribution in [-0.4, -0.2) is 47.1 Å². The minimum absolute atomic E-state index is 0.176. The zero-order valence-electron chi connectivity index (χ0n) is 12.3. The summed E-state index contributed by atoms with van der Waals surface area (Å²) >= 11 is 0. The fraction of sp³-hybridized carbons (Fsp3) is 0.692. The molecule has 6 nitrogen and oxygen atoms in total. The van der Waals surface area contributed by atoms with Crippen LogP contribution < -0.4 is 0 Å². The van der Waals surface area contributed by atoms with Gasteiger partial charge in [-0.05, 0) is 33.8 Å². The second kappa shape index (κ2) is 4.84. The number of morpholine rings is 1. The van der Waals surface area contributed by atoms with Gasteiger partial charge >= 0.3 is 0 Å². The molecule has 114 valence electrons. The average Bonchev–Trinajstić information content (AvgIpc) is 2.73. The van der Waals surface area contributed by atoms with Crippen molar-refractivity contribution in [3.8, 4) is 0 Å². The van der Waals surface area contributed by atoms with Gasteiger partial charge in [0.05, 0.1) is 22.7 Å². The maximum Gasteiger partial charge on any atom is 0.244 e. The van der Waals surface area contributed by atoms with Crippen molar-refractivity contribution in [1.29, 1.82) is 0 Å². The van der Waals surface area contributed by atoms with Crippen molar-refractivity contribution in [3.05, 3.63) is 18.0 Å². The molecule has 0 aromatic carbocycles. The van der Waals surface area contributed by atoms with Gasteiger partial charge in [-0.1, -0.05) is 0 Å². The number of ether oxygens (including phenoxy) is 1. The zero-order chi connectivity index (χ0) is 15.2. The summed E-state index contributed by atoms with van der Waals surface area (Å²) in [6, 6.07) is 1.46. The molecule has 0 bridgehead atoms. The lowest BCUT2D eigenvalue weighted by Gasteiger charge is -2.46. The Morgan fingerprint density at radius 1 is 1.30 bits per heavy atom. The molecule has 20 heavy (non-hydrogen) atoms. The normalized spacial score (nSPS) is 22.9.